The Kier molecular flexibility index (Phi) is 4.73. The van der Waals surface area contributed by atoms with E-state index in [0.717, 1.165) is 11.1 Å². The molecule has 7 heteroatoms. The van der Waals surface area contributed by atoms with E-state index in [1.807, 2.05) is 0 Å². The van der Waals surface area contributed by atoms with Crippen LogP contribution in [0.15, 0.2) is 30.6 Å². The number of benzene rings is 1. The van der Waals surface area contributed by atoms with Crippen LogP contribution >= 0.6 is 23.2 Å². The maximum absolute atomic E-state index is 12.7. The summed E-state index contributed by atoms with van der Waals surface area (Å²) in [6.45, 7) is 2.58. The number of carbonyl (C=O) groups is 2. The summed E-state index contributed by atoms with van der Waals surface area (Å²) in [6, 6.07) is 5.03. The molecule has 1 N–H and O–H groups in total. The lowest BCUT2D eigenvalue weighted by molar-refractivity contribution is -0.129. The van der Waals surface area contributed by atoms with E-state index < -0.39 is 0 Å². The predicted octanol–water partition coefficient (Wildman–Crippen LogP) is 3.55. The summed E-state index contributed by atoms with van der Waals surface area (Å²) in [6.07, 6.45) is 3.84. The van der Waals surface area contributed by atoms with Crippen molar-refractivity contribution in [3.05, 3.63) is 57.3 Å². The molecule has 1 aromatic carbocycles. The minimum absolute atomic E-state index is 0.0124. The molecule has 0 fully saturated rings. The first-order chi connectivity index (χ1) is 11.5. The number of nitrogens with one attached hydrogen (secondary N) is 1. The van der Waals surface area contributed by atoms with Gasteiger partial charge >= 0.3 is 0 Å². The first-order valence-electron chi connectivity index (χ1n) is 7.44. The van der Waals surface area contributed by atoms with Gasteiger partial charge in [0.2, 0.25) is 5.91 Å². The Labute approximate surface area is 149 Å². The Balaban J connectivity index is 1.90. The second kappa shape index (κ2) is 6.79. The predicted molar refractivity (Wildman–Crippen MR) is 93.4 cm³/mol. The van der Waals surface area contributed by atoms with E-state index in [-0.39, 0.29) is 11.8 Å². The summed E-state index contributed by atoms with van der Waals surface area (Å²) in [7, 11) is 0. The maximum Gasteiger partial charge on any atom is 0.257 e. The lowest BCUT2D eigenvalue weighted by Crippen LogP contribution is -2.35. The average Bonchev–Trinajstić information content (AvgIpc) is 2.57. The monoisotopic (exact) mass is 363 g/mol. The fraction of sp³-hybridized carbons (Fsp3) is 0.235. The highest BCUT2D eigenvalue weighted by Crippen LogP contribution is 2.31. The van der Waals surface area contributed by atoms with E-state index in [0.29, 0.717) is 40.8 Å². The van der Waals surface area contributed by atoms with E-state index >= 15 is 0 Å². The Hall–Kier alpha value is -2.11. The van der Waals surface area contributed by atoms with Crippen molar-refractivity contribution in [1.82, 2.24) is 9.88 Å². The molecule has 1 aliphatic rings. The van der Waals surface area contributed by atoms with E-state index in [9.17, 15) is 9.59 Å². The number of rotatable bonds is 2. The highest BCUT2D eigenvalue weighted by atomic mass is 35.5. The van der Waals surface area contributed by atoms with Crippen molar-refractivity contribution >= 4 is 40.7 Å². The normalized spacial score (nSPS) is 13.4. The number of nitrogens with zero attached hydrogens (tertiary/aromatic N) is 2. The number of fused-ring (bicyclic) bond motifs is 1. The Morgan fingerprint density at radius 3 is 2.58 bits per heavy atom. The smallest absolute Gasteiger partial charge is 0.257 e. The van der Waals surface area contributed by atoms with Crippen LogP contribution in [0.5, 0.6) is 0 Å². The molecule has 0 radical (unpaired) electrons. The lowest BCUT2D eigenvalue weighted by Gasteiger charge is -2.28. The van der Waals surface area contributed by atoms with Gasteiger partial charge in [-0.1, -0.05) is 29.3 Å². The molecular weight excluding hydrogens is 349 g/mol. The molecular formula is C17H15Cl2N3O2. The SMILES string of the molecule is CC(=O)N1CCc2c(cncc2C(=O)Nc2c(Cl)cccc2Cl)C1. The summed E-state index contributed by atoms with van der Waals surface area (Å²) >= 11 is 12.2. The number of halogens is 2. The summed E-state index contributed by atoms with van der Waals surface area (Å²) in [5, 5.41) is 3.50. The Morgan fingerprint density at radius 1 is 1.21 bits per heavy atom. The fourth-order valence-electron chi connectivity index (χ4n) is 2.76. The molecule has 0 unspecified atom stereocenters. The fourth-order valence-corrected chi connectivity index (χ4v) is 3.25. The van der Waals surface area contributed by atoms with E-state index in [1.54, 1.807) is 29.3 Å². The molecule has 0 bridgehead atoms. The van der Waals surface area contributed by atoms with Crippen molar-refractivity contribution in [3.63, 3.8) is 0 Å². The molecule has 0 aliphatic carbocycles. The van der Waals surface area contributed by atoms with Crippen LogP contribution in [0.2, 0.25) is 10.0 Å². The van der Waals surface area contributed by atoms with Gasteiger partial charge < -0.3 is 10.2 Å². The zero-order valence-electron chi connectivity index (χ0n) is 13.0. The van der Waals surface area contributed by atoms with Crippen LogP contribution in [-0.4, -0.2) is 28.2 Å². The third-order valence-electron chi connectivity index (χ3n) is 4.03. The molecule has 5 nitrogen and oxygen atoms in total. The van der Waals surface area contributed by atoms with Crippen molar-refractivity contribution in [2.75, 3.05) is 11.9 Å². The molecule has 0 atom stereocenters. The van der Waals surface area contributed by atoms with Gasteiger partial charge in [-0.2, -0.15) is 0 Å². The number of anilines is 1. The average molecular weight is 364 g/mol. The van der Waals surface area contributed by atoms with Crippen molar-refractivity contribution in [3.8, 4) is 0 Å². The summed E-state index contributed by atoms with van der Waals surface area (Å²) < 4.78 is 0. The topological polar surface area (TPSA) is 62.3 Å². The van der Waals surface area contributed by atoms with Gasteiger partial charge in [-0.05, 0) is 29.7 Å². The second-order valence-corrected chi connectivity index (χ2v) is 6.38. The molecule has 0 saturated heterocycles. The largest absolute Gasteiger partial charge is 0.338 e. The second-order valence-electron chi connectivity index (χ2n) is 5.57. The van der Waals surface area contributed by atoms with Crippen molar-refractivity contribution in [2.45, 2.75) is 19.9 Å². The van der Waals surface area contributed by atoms with Gasteiger partial charge in [0.25, 0.3) is 5.91 Å². The highest BCUT2D eigenvalue weighted by molar-refractivity contribution is 6.40. The standard InChI is InChI=1S/C17H15Cl2N3O2/c1-10(23)22-6-5-12-11(9-22)7-20-8-13(12)17(24)21-16-14(18)3-2-4-15(16)19/h2-4,7-8H,5-6,9H2,1H3,(H,21,24). The van der Waals surface area contributed by atoms with Crippen molar-refractivity contribution < 1.29 is 9.59 Å². The highest BCUT2D eigenvalue weighted by Gasteiger charge is 2.24. The molecule has 1 aromatic heterocycles. The van der Waals surface area contributed by atoms with Gasteiger partial charge in [0.1, 0.15) is 0 Å². The van der Waals surface area contributed by atoms with Gasteiger partial charge in [-0.25, -0.2) is 0 Å². The van der Waals surface area contributed by atoms with Crippen LogP contribution in [0.25, 0.3) is 0 Å². The third-order valence-corrected chi connectivity index (χ3v) is 4.66. The number of aromatic nitrogens is 1. The Morgan fingerprint density at radius 2 is 1.92 bits per heavy atom. The molecule has 2 amide bonds. The van der Waals surface area contributed by atoms with E-state index in [4.69, 9.17) is 23.2 Å². The molecule has 1 aliphatic heterocycles. The molecule has 2 heterocycles. The van der Waals surface area contributed by atoms with Crippen LogP contribution in [-0.2, 0) is 17.8 Å². The van der Waals surface area contributed by atoms with Gasteiger partial charge in [0.05, 0.1) is 21.3 Å². The molecule has 0 saturated carbocycles. The molecule has 3 rings (SSSR count). The minimum atomic E-state index is -0.314. The number of pyridine rings is 1. The summed E-state index contributed by atoms with van der Waals surface area (Å²) in [5.74, 6) is -0.302. The number of para-hydroxylation sites is 1. The molecule has 2 aromatic rings. The van der Waals surface area contributed by atoms with Gasteiger partial charge in [0, 0.05) is 32.4 Å². The Bertz CT molecular complexity index is 803. The van der Waals surface area contributed by atoms with Crippen LogP contribution in [0.1, 0.15) is 28.4 Å². The van der Waals surface area contributed by atoms with Crippen LogP contribution in [0.3, 0.4) is 0 Å². The van der Waals surface area contributed by atoms with Gasteiger partial charge in [0.15, 0.2) is 0 Å². The zero-order chi connectivity index (χ0) is 17.3. The zero-order valence-corrected chi connectivity index (χ0v) is 14.5. The first-order valence-corrected chi connectivity index (χ1v) is 8.19. The van der Waals surface area contributed by atoms with E-state index in [1.165, 1.54) is 13.1 Å². The number of amides is 2. The molecule has 0 spiro atoms. The molecule has 24 heavy (non-hydrogen) atoms. The number of carbonyl (C=O) groups excluding carboxylic acids is 2. The van der Waals surface area contributed by atoms with Crippen molar-refractivity contribution in [1.29, 1.82) is 0 Å². The summed E-state index contributed by atoms with van der Waals surface area (Å²) in [4.78, 5) is 30.1. The number of hydrogen-bond acceptors (Lipinski definition) is 3. The van der Waals surface area contributed by atoms with Crippen LogP contribution in [0.4, 0.5) is 5.69 Å². The van der Waals surface area contributed by atoms with Crippen molar-refractivity contribution in [2.24, 2.45) is 0 Å². The lowest BCUT2D eigenvalue weighted by atomic mass is 9.96. The van der Waals surface area contributed by atoms with E-state index in [2.05, 4.69) is 10.3 Å². The van der Waals surface area contributed by atoms with Gasteiger partial charge in [-0.15, -0.1) is 0 Å². The summed E-state index contributed by atoms with van der Waals surface area (Å²) in [5.41, 5.74) is 2.65. The molecule has 124 valence electrons. The van der Waals surface area contributed by atoms with Gasteiger partial charge in [-0.3, -0.25) is 14.6 Å². The minimum Gasteiger partial charge on any atom is -0.338 e. The van der Waals surface area contributed by atoms with Crippen LogP contribution < -0.4 is 5.32 Å². The third kappa shape index (κ3) is 3.23. The quantitative estimate of drug-likeness (QED) is 0.887. The maximum atomic E-state index is 12.7. The first kappa shape index (κ1) is 16.7. The number of hydrogen-bond donors (Lipinski definition) is 1. The van der Waals surface area contributed by atoms with Crippen LogP contribution in [0, 0.1) is 0 Å².